The first-order chi connectivity index (χ1) is 8.50. The number of aromatic nitrogens is 1. The van der Waals surface area contributed by atoms with Crippen molar-refractivity contribution in [1.29, 1.82) is 0 Å². The van der Waals surface area contributed by atoms with Crippen molar-refractivity contribution in [1.82, 2.24) is 15.2 Å². The summed E-state index contributed by atoms with van der Waals surface area (Å²) >= 11 is 5.84. The lowest BCUT2D eigenvalue weighted by Gasteiger charge is -2.36. The average molecular weight is 280 g/mol. The summed E-state index contributed by atoms with van der Waals surface area (Å²) in [6.45, 7) is 1.80. The molecular weight excluding hydrogens is 267 g/mol. The van der Waals surface area contributed by atoms with Crippen LogP contribution in [0.4, 0.5) is 13.2 Å². The van der Waals surface area contributed by atoms with Crippen LogP contribution >= 0.6 is 11.6 Å². The lowest BCUT2D eigenvalue weighted by atomic mass is 10.1. The predicted molar refractivity (Wildman–Crippen MR) is 62.5 cm³/mol. The van der Waals surface area contributed by atoms with Crippen LogP contribution in [0.3, 0.4) is 0 Å². The Morgan fingerprint density at radius 3 is 2.56 bits per heavy atom. The van der Waals surface area contributed by atoms with Crippen LogP contribution in [0, 0.1) is 0 Å². The molecule has 1 aromatic heterocycles. The highest BCUT2D eigenvalue weighted by Crippen LogP contribution is 2.40. The molecule has 0 amide bonds. The van der Waals surface area contributed by atoms with Crippen molar-refractivity contribution in [2.24, 2.45) is 0 Å². The van der Waals surface area contributed by atoms with Crippen LogP contribution in [0.5, 0.6) is 0 Å². The van der Waals surface area contributed by atoms with Gasteiger partial charge in [0.2, 0.25) is 0 Å². The average Bonchev–Trinajstić information content (AvgIpc) is 2.32. The first-order valence-corrected chi connectivity index (χ1v) is 5.99. The number of halogens is 4. The molecule has 3 nitrogen and oxygen atoms in total. The van der Waals surface area contributed by atoms with Gasteiger partial charge in [-0.1, -0.05) is 11.6 Å². The van der Waals surface area contributed by atoms with Crippen molar-refractivity contribution < 1.29 is 13.2 Å². The van der Waals surface area contributed by atoms with Gasteiger partial charge in [0.25, 0.3) is 0 Å². The number of piperazine rings is 1. The van der Waals surface area contributed by atoms with Gasteiger partial charge in [-0.25, -0.2) is 0 Å². The Bertz CT molecular complexity index is 405. The van der Waals surface area contributed by atoms with Crippen LogP contribution in [-0.2, 0) is 0 Å². The number of pyridine rings is 1. The summed E-state index contributed by atoms with van der Waals surface area (Å²) in [4.78, 5) is 5.12. The van der Waals surface area contributed by atoms with Crippen LogP contribution < -0.4 is 5.32 Å². The molecule has 0 radical (unpaired) electrons. The summed E-state index contributed by atoms with van der Waals surface area (Å²) in [6, 6.07) is -0.321. The molecule has 18 heavy (non-hydrogen) atoms. The minimum absolute atomic E-state index is 0.0540. The van der Waals surface area contributed by atoms with Crippen molar-refractivity contribution in [2.45, 2.75) is 12.2 Å². The van der Waals surface area contributed by atoms with E-state index in [1.165, 1.54) is 23.4 Å². The van der Waals surface area contributed by atoms with E-state index in [0.717, 1.165) is 0 Å². The van der Waals surface area contributed by atoms with Crippen LogP contribution in [0.25, 0.3) is 0 Å². The maximum atomic E-state index is 13.2. The van der Waals surface area contributed by atoms with Crippen LogP contribution in [0.2, 0.25) is 5.02 Å². The molecule has 2 rings (SSSR count). The lowest BCUT2D eigenvalue weighted by molar-refractivity contribution is -0.187. The Hall–Kier alpha value is -0.850. The van der Waals surface area contributed by atoms with Crippen LogP contribution in [0.15, 0.2) is 18.5 Å². The van der Waals surface area contributed by atoms with Crippen LogP contribution in [0.1, 0.15) is 11.6 Å². The molecule has 0 bridgehead atoms. The zero-order valence-corrected chi connectivity index (χ0v) is 10.3. The van der Waals surface area contributed by atoms with E-state index in [1.807, 2.05) is 0 Å². The standard InChI is InChI=1S/C11H13ClF3N3/c12-9-7-17-2-1-8(9)10(11(13,14)15)18-5-3-16-4-6-18/h1-2,7,10,16H,3-6H2/t10-/m1/s1. The lowest BCUT2D eigenvalue weighted by Crippen LogP contribution is -2.49. The number of hydrogen-bond acceptors (Lipinski definition) is 3. The summed E-state index contributed by atoms with van der Waals surface area (Å²) < 4.78 is 39.7. The first-order valence-electron chi connectivity index (χ1n) is 5.61. The summed E-state index contributed by atoms with van der Waals surface area (Å²) in [5.41, 5.74) is 0.0704. The van der Waals surface area contributed by atoms with Gasteiger partial charge in [-0.2, -0.15) is 13.2 Å². The van der Waals surface area contributed by atoms with Gasteiger partial charge < -0.3 is 5.32 Å². The molecule has 0 aliphatic carbocycles. The number of hydrogen-bond donors (Lipinski definition) is 1. The molecule has 0 saturated carbocycles. The fourth-order valence-electron chi connectivity index (χ4n) is 2.13. The number of nitrogens with one attached hydrogen (secondary N) is 1. The van der Waals surface area contributed by atoms with E-state index in [4.69, 9.17) is 11.6 Å². The summed E-state index contributed by atoms with van der Waals surface area (Å²) in [7, 11) is 0. The second-order valence-electron chi connectivity index (χ2n) is 4.13. The fourth-order valence-corrected chi connectivity index (χ4v) is 2.35. The molecule has 1 aliphatic heterocycles. The molecule has 0 spiro atoms. The molecule has 7 heteroatoms. The van der Waals surface area contributed by atoms with Gasteiger partial charge in [-0.3, -0.25) is 9.88 Å². The van der Waals surface area contributed by atoms with E-state index in [1.54, 1.807) is 0 Å². The van der Waals surface area contributed by atoms with E-state index in [0.29, 0.717) is 26.2 Å². The van der Waals surface area contributed by atoms with E-state index in [2.05, 4.69) is 10.3 Å². The van der Waals surface area contributed by atoms with Crippen LogP contribution in [-0.4, -0.2) is 42.2 Å². The minimum Gasteiger partial charge on any atom is -0.314 e. The molecule has 100 valence electrons. The molecule has 1 aliphatic rings. The summed E-state index contributed by atoms with van der Waals surface area (Å²) in [6.07, 6.45) is -1.76. The largest absolute Gasteiger partial charge is 0.408 e. The summed E-state index contributed by atoms with van der Waals surface area (Å²) in [5, 5.41) is 3.09. The molecule has 1 atom stereocenters. The molecule has 1 fully saturated rings. The minimum atomic E-state index is -4.34. The molecular formula is C11H13ClF3N3. The quantitative estimate of drug-likeness (QED) is 0.900. The molecule has 2 heterocycles. The van der Waals surface area contributed by atoms with Gasteiger partial charge in [0.15, 0.2) is 0 Å². The summed E-state index contributed by atoms with van der Waals surface area (Å²) in [5.74, 6) is 0. The van der Waals surface area contributed by atoms with E-state index in [-0.39, 0.29) is 10.6 Å². The third-order valence-corrected chi connectivity index (χ3v) is 3.24. The van der Waals surface area contributed by atoms with Gasteiger partial charge in [-0.05, 0) is 6.07 Å². The molecule has 1 aromatic rings. The topological polar surface area (TPSA) is 28.2 Å². The van der Waals surface area contributed by atoms with Gasteiger partial charge in [0.05, 0.1) is 5.02 Å². The second kappa shape index (κ2) is 5.42. The highest BCUT2D eigenvalue weighted by atomic mass is 35.5. The van der Waals surface area contributed by atoms with Crippen molar-refractivity contribution in [3.8, 4) is 0 Å². The Kier molecular flexibility index (Phi) is 4.09. The Morgan fingerprint density at radius 2 is 2.00 bits per heavy atom. The zero-order valence-electron chi connectivity index (χ0n) is 9.54. The third-order valence-electron chi connectivity index (χ3n) is 2.93. The number of nitrogens with zero attached hydrogens (tertiary/aromatic N) is 2. The smallest absolute Gasteiger partial charge is 0.314 e. The highest BCUT2D eigenvalue weighted by Gasteiger charge is 2.45. The van der Waals surface area contributed by atoms with E-state index < -0.39 is 12.2 Å². The SMILES string of the molecule is FC(F)(F)[C@@H](c1ccncc1Cl)N1CCNCC1. The van der Waals surface area contributed by atoms with Crippen molar-refractivity contribution in [2.75, 3.05) is 26.2 Å². The highest BCUT2D eigenvalue weighted by molar-refractivity contribution is 6.31. The second-order valence-corrected chi connectivity index (χ2v) is 4.53. The molecule has 0 aromatic carbocycles. The van der Waals surface area contributed by atoms with Crippen molar-refractivity contribution in [3.05, 3.63) is 29.0 Å². The molecule has 1 N–H and O–H groups in total. The number of rotatable bonds is 2. The maximum absolute atomic E-state index is 13.2. The predicted octanol–water partition coefficient (Wildman–Crippen LogP) is 2.24. The van der Waals surface area contributed by atoms with Gasteiger partial charge >= 0.3 is 6.18 Å². The maximum Gasteiger partial charge on any atom is 0.408 e. The van der Waals surface area contributed by atoms with Gasteiger partial charge in [0.1, 0.15) is 6.04 Å². The fraction of sp³-hybridized carbons (Fsp3) is 0.545. The molecule has 0 unspecified atom stereocenters. The van der Waals surface area contributed by atoms with E-state index in [9.17, 15) is 13.2 Å². The van der Waals surface area contributed by atoms with E-state index >= 15 is 0 Å². The third kappa shape index (κ3) is 2.93. The molecule has 1 saturated heterocycles. The Labute approximate surface area is 108 Å². The normalized spacial score (nSPS) is 19.8. The number of alkyl halides is 3. The Balaban J connectivity index is 2.34. The Morgan fingerprint density at radius 1 is 1.33 bits per heavy atom. The monoisotopic (exact) mass is 279 g/mol. The van der Waals surface area contributed by atoms with Gasteiger partial charge in [0, 0.05) is 44.1 Å². The zero-order chi connectivity index (χ0) is 13.2. The van der Waals surface area contributed by atoms with Gasteiger partial charge in [-0.15, -0.1) is 0 Å². The van der Waals surface area contributed by atoms with Crippen molar-refractivity contribution in [3.63, 3.8) is 0 Å². The first kappa shape index (κ1) is 13.6. The van der Waals surface area contributed by atoms with Crippen molar-refractivity contribution >= 4 is 11.6 Å².